The molecule has 0 saturated carbocycles. The van der Waals surface area contributed by atoms with Crippen LogP contribution >= 0.6 is 15.9 Å². The van der Waals surface area contributed by atoms with Gasteiger partial charge in [-0.05, 0) is 54.4 Å². The highest BCUT2D eigenvalue weighted by Gasteiger charge is 2.25. The average Bonchev–Trinajstić information content (AvgIpc) is 2.22. The fourth-order valence-electron chi connectivity index (χ4n) is 1.04. The van der Waals surface area contributed by atoms with Gasteiger partial charge in [-0.1, -0.05) is 10.5 Å². The third-order valence-electron chi connectivity index (χ3n) is 2.01. The summed E-state index contributed by atoms with van der Waals surface area (Å²) in [6.07, 6.45) is 2.15. The standard InChI is InChI=1S/C12H15BrFNOS/c1-12(2,3)17(16)15-7-6-9-4-5-11(14)10(13)8-9/h4-5,7-8H,6H2,1-3H3/b15-7-. The van der Waals surface area contributed by atoms with Gasteiger partial charge in [-0.3, -0.25) is 0 Å². The Morgan fingerprint density at radius 1 is 1.47 bits per heavy atom. The van der Waals surface area contributed by atoms with Crippen molar-refractivity contribution in [2.24, 2.45) is 4.40 Å². The van der Waals surface area contributed by atoms with E-state index in [-0.39, 0.29) is 10.6 Å². The van der Waals surface area contributed by atoms with Crippen LogP contribution in [0.4, 0.5) is 4.39 Å². The van der Waals surface area contributed by atoms with Gasteiger partial charge in [0.05, 0.1) is 10.7 Å². The van der Waals surface area contributed by atoms with Crippen molar-refractivity contribution in [2.75, 3.05) is 0 Å². The number of rotatable bonds is 3. The second-order valence-electron chi connectivity index (χ2n) is 4.60. The summed E-state index contributed by atoms with van der Waals surface area (Å²) in [7, 11) is 0. The lowest BCUT2D eigenvalue weighted by molar-refractivity contribution is 0.561. The molecule has 5 heteroatoms. The molecule has 1 unspecified atom stereocenters. The van der Waals surface area contributed by atoms with Crippen LogP contribution in [0.2, 0.25) is 0 Å². The van der Waals surface area contributed by atoms with Gasteiger partial charge < -0.3 is 4.55 Å². The number of nitrogens with zero attached hydrogens (tertiary/aromatic N) is 1. The van der Waals surface area contributed by atoms with E-state index in [9.17, 15) is 8.94 Å². The minimum atomic E-state index is -1.24. The van der Waals surface area contributed by atoms with Crippen LogP contribution in [0, 0.1) is 5.82 Å². The van der Waals surface area contributed by atoms with Crippen molar-refractivity contribution in [2.45, 2.75) is 31.9 Å². The number of halogens is 2. The summed E-state index contributed by atoms with van der Waals surface area (Å²) in [6.45, 7) is 5.61. The zero-order valence-corrected chi connectivity index (χ0v) is 12.4. The molecule has 0 heterocycles. The Morgan fingerprint density at radius 3 is 2.65 bits per heavy atom. The van der Waals surface area contributed by atoms with E-state index in [4.69, 9.17) is 0 Å². The molecule has 2 nitrogen and oxygen atoms in total. The molecule has 0 radical (unpaired) electrons. The van der Waals surface area contributed by atoms with Gasteiger partial charge in [0.2, 0.25) is 0 Å². The molecule has 0 saturated heterocycles. The second-order valence-corrected chi connectivity index (χ2v) is 7.39. The Labute approximate surface area is 113 Å². The van der Waals surface area contributed by atoms with Crippen molar-refractivity contribution < 1.29 is 8.94 Å². The molecule has 0 N–H and O–H groups in total. The van der Waals surface area contributed by atoms with Gasteiger partial charge in [-0.2, -0.15) is 0 Å². The van der Waals surface area contributed by atoms with Gasteiger partial charge in [0, 0.05) is 6.42 Å². The first-order valence-electron chi connectivity index (χ1n) is 5.19. The van der Waals surface area contributed by atoms with Crippen LogP contribution in [-0.4, -0.2) is 15.5 Å². The van der Waals surface area contributed by atoms with E-state index in [1.54, 1.807) is 18.3 Å². The van der Waals surface area contributed by atoms with E-state index in [1.807, 2.05) is 20.8 Å². The van der Waals surface area contributed by atoms with Crippen LogP contribution in [-0.2, 0) is 17.8 Å². The smallest absolute Gasteiger partial charge is 0.144 e. The molecule has 1 atom stereocenters. The SMILES string of the molecule is CC(C)(C)[S+]([O-])/N=C\Cc1ccc(F)c(Br)c1. The van der Waals surface area contributed by atoms with E-state index < -0.39 is 11.4 Å². The van der Waals surface area contributed by atoms with Crippen molar-refractivity contribution in [1.82, 2.24) is 0 Å². The molecular formula is C12H15BrFNOS. The maximum absolute atomic E-state index is 13.0. The van der Waals surface area contributed by atoms with Gasteiger partial charge in [0.25, 0.3) is 0 Å². The second kappa shape index (κ2) is 5.98. The lowest BCUT2D eigenvalue weighted by Crippen LogP contribution is -2.25. The molecule has 0 spiro atoms. The molecule has 94 valence electrons. The summed E-state index contributed by atoms with van der Waals surface area (Å²) in [5, 5.41) is 0. The van der Waals surface area contributed by atoms with Crippen LogP contribution in [0.1, 0.15) is 26.3 Å². The molecule has 1 rings (SSSR count). The largest absolute Gasteiger partial charge is 0.591 e. The van der Waals surface area contributed by atoms with Crippen LogP contribution in [0.3, 0.4) is 0 Å². The first-order chi connectivity index (χ1) is 7.80. The van der Waals surface area contributed by atoms with Gasteiger partial charge in [0.15, 0.2) is 0 Å². The highest BCUT2D eigenvalue weighted by Crippen LogP contribution is 2.18. The lowest BCUT2D eigenvalue weighted by Gasteiger charge is -2.17. The Morgan fingerprint density at radius 2 is 2.12 bits per heavy atom. The van der Waals surface area contributed by atoms with Crippen LogP contribution in [0.25, 0.3) is 0 Å². The molecule has 0 amide bonds. The third-order valence-corrected chi connectivity index (χ3v) is 4.00. The maximum atomic E-state index is 13.0. The normalized spacial score (nSPS) is 14.2. The van der Waals surface area contributed by atoms with Crippen LogP contribution in [0.15, 0.2) is 27.1 Å². The fourth-order valence-corrected chi connectivity index (χ4v) is 1.99. The number of hydrogen-bond donors (Lipinski definition) is 0. The quantitative estimate of drug-likeness (QED) is 0.618. The molecule has 0 aliphatic carbocycles. The molecule has 0 bridgehead atoms. The summed E-state index contributed by atoms with van der Waals surface area (Å²) < 4.78 is 28.7. The summed E-state index contributed by atoms with van der Waals surface area (Å²) in [5.74, 6) is -0.288. The Bertz CT molecular complexity index is 417. The zero-order valence-electron chi connectivity index (χ0n) is 10.0. The molecule has 17 heavy (non-hydrogen) atoms. The van der Waals surface area contributed by atoms with Crippen molar-refractivity contribution in [3.05, 3.63) is 34.1 Å². The summed E-state index contributed by atoms with van der Waals surface area (Å²) in [5.41, 5.74) is 0.924. The number of benzene rings is 1. The topological polar surface area (TPSA) is 35.4 Å². The summed E-state index contributed by atoms with van der Waals surface area (Å²) >= 11 is 1.88. The van der Waals surface area contributed by atoms with Gasteiger partial charge >= 0.3 is 0 Å². The van der Waals surface area contributed by atoms with E-state index in [0.717, 1.165) is 5.56 Å². The highest BCUT2D eigenvalue weighted by molar-refractivity contribution is 9.10. The minimum Gasteiger partial charge on any atom is -0.591 e. The molecule has 0 aliphatic heterocycles. The van der Waals surface area contributed by atoms with E-state index in [0.29, 0.717) is 10.9 Å². The molecule has 1 aromatic rings. The van der Waals surface area contributed by atoms with E-state index >= 15 is 0 Å². The summed E-state index contributed by atoms with van der Waals surface area (Å²) in [4.78, 5) is 0. The Hall–Kier alpha value is -0.390. The highest BCUT2D eigenvalue weighted by atomic mass is 79.9. The minimum absolute atomic E-state index is 0.288. The zero-order chi connectivity index (χ0) is 13.1. The van der Waals surface area contributed by atoms with Crippen molar-refractivity contribution in [3.63, 3.8) is 0 Å². The summed E-state index contributed by atoms with van der Waals surface area (Å²) in [6, 6.07) is 4.78. The monoisotopic (exact) mass is 319 g/mol. The van der Waals surface area contributed by atoms with Crippen molar-refractivity contribution in [1.29, 1.82) is 0 Å². The van der Waals surface area contributed by atoms with Gasteiger partial charge in [-0.25, -0.2) is 4.39 Å². The van der Waals surface area contributed by atoms with E-state index in [1.165, 1.54) is 6.07 Å². The molecule has 0 aromatic heterocycles. The van der Waals surface area contributed by atoms with E-state index in [2.05, 4.69) is 20.3 Å². The average molecular weight is 320 g/mol. The Kier molecular flexibility index (Phi) is 5.16. The number of hydrogen-bond acceptors (Lipinski definition) is 2. The lowest BCUT2D eigenvalue weighted by atomic mass is 10.2. The third kappa shape index (κ3) is 4.77. The first kappa shape index (κ1) is 14.7. The predicted octanol–water partition coefficient (Wildman–Crippen LogP) is 3.66. The fraction of sp³-hybridized carbons (Fsp3) is 0.417. The Balaban J connectivity index is 2.62. The van der Waals surface area contributed by atoms with Gasteiger partial charge in [0.1, 0.15) is 21.9 Å². The van der Waals surface area contributed by atoms with Crippen LogP contribution in [0.5, 0.6) is 0 Å². The van der Waals surface area contributed by atoms with Gasteiger partial charge in [-0.15, -0.1) is 0 Å². The first-order valence-corrected chi connectivity index (χ1v) is 7.09. The predicted molar refractivity (Wildman–Crippen MR) is 74.2 cm³/mol. The van der Waals surface area contributed by atoms with Crippen molar-refractivity contribution >= 4 is 33.5 Å². The molecular weight excluding hydrogens is 305 g/mol. The maximum Gasteiger partial charge on any atom is 0.144 e. The molecule has 0 fully saturated rings. The molecule has 1 aromatic carbocycles. The van der Waals surface area contributed by atoms with Crippen LogP contribution < -0.4 is 0 Å². The molecule has 0 aliphatic rings. The van der Waals surface area contributed by atoms with Crippen molar-refractivity contribution in [3.8, 4) is 0 Å².